The van der Waals surface area contributed by atoms with Crippen LogP contribution in [0.25, 0.3) is 16.6 Å². The number of hydrogen-bond donors (Lipinski definition) is 0. The van der Waals surface area contributed by atoms with Crippen LogP contribution < -0.4 is 10.3 Å². The molecule has 0 aliphatic rings. The fourth-order valence-electron chi connectivity index (χ4n) is 4.50. The lowest BCUT2D eigenvalue weighted by molar-refractivity contribution is 0.0634. The topological polar surface area (TPSA) is 73.7 Å². The minimum absolute atomic E-state index is 0.255. The highest BCUT2D eigenvalue weighted by Gasteiger charge is 2.30. The molecule has 3 aromatic carbocycles. The number of carbonyl (C=O) groups excluding carboxylic acids is 1. The fourth-order valence-corrected chi connectivity index (χ4v) is 4.50. The summed E-state index contributed by atoms with van der Waals surface area (Å²) in [6, 6.07) is 19.3. The van der Waals surface area contributed by atoms with Crippen LogP contribution in [0.1, 0.15) is 42.0 Å². The molecule has 1 amide bonds. The summed E-state index contributed by atoms with van der Waals surface area (Å²) in [6.07, 6.45) is 1.06. The average Bonchev–Trinajstić information content (AvgIpc) is 2.93. The number of methoxy groups -OCH3 is 2. The van der Waals surface area contributed by atoms with Crippen LogP contribution in [0.5, 0.6) is 5.75 Å². The van der Waals surface area contributed by atoms with Gasteiger partial charge in [-0.1, -0.05) is 31.2 Å². The number of amides is 1. The highest BCUT2D eigenvalue weighted by molar-refractivity contribution is 5.94. The molecule has 37 heavy (non-hydrogen) atoms. The number of halogens is 1. The molecule has 0 aliphatic carbocycles. The van der Waals surface area contributed by atoms with Crippen molar-refractivity contribution in [2.75, 3.05) is 27.4 Å². The zero-order valence-electron chi connectivity index (χ0n) is 21.2. The number of benzene rings is 3. The maximum atomic E-state index is 13.9. The summed E-state index contributed by atoms with van der Waals surface area (Å²) < 4.78 is 26.0. The van der Waals surface area contributed by atoms with Gasteiger partial charge in [-0.25, -0.2) is 9.37 Å². The number of rotatable bonds is 10. The predicted molar refractivity (Wildman–Crippen MR) is 141 cm³/mol. The normalized spacial score (nSPS) is 11.9. The third-order valence-electron chi connectivity index (χ3n) is 6.29. The van der Waals surface area contributed by atoms with Gasteiger partial charge >= 0.3 is 0 Å². The van der Waals surface area contributed by atoms with E-state index in [4.69, 9.17) is 14.5 Å². The second kappa shape index (κ2) is 11.8. The van der Waals surface area contributed by atoms with Crippen molar-refractivity contribution in [1.82, 2.24) is 14.5 Å². The molecule has 1 unspecified atom stereocenters. The van der Waals surface area contributed by atoms with Crippen molar-refractivity contribution < 1.29 is 18.7 Å². The molecular formula is C29H30FN3O4. The molecule has 0 N–H and O–H groups in total. The molecule has 4 aromatic rings. The minimum atomic E-state index is -0.559. The third kappa shape index (κ3) is 5.39. The van der Waals surface area contributed by atoms with E-state index in [0.29, 0.717) is 59.7 Å². The lowest BCUT2D eigenvalue weighted by Gasteiger charge is -2.32. The van der Waals surface area contributed by atoms with Crippen molar-refractivity contribution in [3.63, 3.8) is 0 Å². The van der Waals surface area contributed by atoms with Crippen LogP contribution in [-0.4, -0.2) is 47.7 Å². The number of aromatic nitrogens is 2. The Balaban J connectivity index is 1.94. The van der Waals surface area contributed by atoms with Crippen LogP contribution in [0.4, 0.5) is 4.39 Å². The van der Waals surface area contributed by atoms with Crippen molar-refractivity contribution in [3.05, 3.63) is 100 Å². The van der Waals surface area contributed by atoms with Gasteiger partial charge in [-0.15, -0.1) is 0 Å². The van der Waals surface area contributed by atoms with Crippen LogP contribution in [0.15, 0.2) is 77.6 Å². The first-order valence-electron chi connectivity index (χ1n) is 12.2. The first-order valence-corrected chi connectivity index (χ1v) is 12.2. The van der Waals surface area contributed by atoms with E-state index in [0.717, 1.165) is 0 Å². The number of hydrogen-bond acceptors (Lipinski definition) is 5. The van der Waals surface area contributed by atoms with Gasteiger partial charge in [-0.3, -0.25) is 14.2 Å². The van der Waals surface area contributed by atoms with Gasteiger partial charge in [0.05, 0.1) is 29.7 Å². The molecule has 0 saturated heterocycles. The summed E-state index contributed by atoms with van der Waals surface area (Å²) in [5, 5.41) is 0.461. The van der Waals surface area contributed by atoms with Crippen LogP contribution in [0, 0.1) is 5.82 Å². The molecule has 4 rings (SSSR count). The number of nitrogens with zero attached hydrogens (tertiary/aromatic N) is 3. The van der Waals surface area contributed by atoms with Crippen molar-refractivity contribution in [1.29, 1.82) is 0 Å². The van der Waals surface area contributed by atoms with E-state index < -0.39 is 11.9 Å². The lowest BCUT2D eigenvalue weighted by atomic mass is 10.1. The Morgan fingerprint density at radius 1 is 1.03 bits per heavy atom. The first kappa shape index (κ1) is 26.0. The molecule has 1 heterocycles. The Morgan fingerprint density at radius 3 is 2.43 bits per heavy atom. The van der Waals surface area contributed by atoms with Crippen LogP contribution in [0.3, 0.4) is 0 Å². The summed E-state index contributed by atoms with van der Waals surface area (Å²) in [4.78, 5) is 34.3. The number of carbonyl (C=O) groups is 1. The molecule has 1 atom stereocenters. The van der Waals surface area contributed by atoms with E-state index in [9.17, 15) is 14.0 Å². The van der Waals surface area contributed by atoms with Gasteiger partial charge in [0, 0.05) is 25.8 Å². The molecule has 1 aromatic heterocycles. The lowest BCUT2D eigenvalue weighted by Crippen LogP contribution is -2.39. The summed E-state index contributed by atoms with van der Waals surface area (Å²) in [5.41, 5.74) is 1.17. The quantitative estimate of drug-likeness (QED) is 0.280. The molecule has 0 bridgehead atoms. The summed E-state index contributed by atoms with van der Waals surface area (Å²) in [5.74, 6) is 0.227. The van der Waals surface area contributed by atoms with Gasteiger partial charge in [-0.05, 0) is 61.4 Å². The van der Waals surface area contributed by atoms with Gasteiger partial charge < -0.3 is 14.4 Å². The van der Waals surface area contributed by atoms with Crippen molar-refractivity contribution in [2.24, 2.45) is 0 Å². The molecule has 8 heteroatoms. The SMILES string of the molecule is CCC(c1nc2ccccc2c(=O)n1-c1ccccc1OC)N(CCCOC)C(=O)c1ccc(F)cc1. The Kier molecular flexibility index (Phi) is 8.30. The average molecular weight is 504 g/mol. The van der Waals surface area contributed by atoms with E-state index in [1.165, 1.54) is 28.8 Å². The molecule has 0 fully saturated rings. The zero-order valence-corrected chi connectivity index (χ0v) is 21.2. The largest absolute Gasteiger partial charge is 0.495 e. The van der Waals surface area contributed by atoms with E-state index >= 15 is 0 Å². The van der Waals surface area contributed by atoms with Gasteiger partial charge in [0.1, 0.15) is 17.4 Å². The summed E-state index contributed by atoms with van der Waals surface area (Å²) >= 11 is 0. The zero-order chi connectivity index (χ0) is 26.4. The predicted octanol–water partition coefficient (Wildman–Crippen LogP) is 5.16. The smallest absolute Gasteiger partial charge is 0.266 e. The van der Waals surface area contributed by atoms with E-state index in [2.05, 4.69) is 0 Å². The molecular weight excluding hydrogens is 473 g/mol. The molecule has 0 spiro atoms. The summed E-state index contributed by atoms with van der Waals surface area (Å²) in [7, 11) is 3.15. The third-order valence-corrected chi connectivity index (χ3v) is 6.29. The highest BCUT2D eigenvalue weighted by Crippen LogP contribution is 2.30. The Morgan fingerprint density at radius 2 is 1.73 bits per heavy atom. The van der Waals surface area contributed by atoms with Gasteiger partial charge in [0.2, 0.25) is 0 Å². The number of ether oxygens (including phenoxy) is 2. The van der Waals surface area contributed by atoms with Gasteiger partial charge in [0.15, 0.2) is 0 Å². The van der Waals surface area contributed by atoms with E-state index in [1.54, 1.807) is 49.5 Å². The Hall–Kier alpha value is -4.04. The van der Waals surface area contributed by atoms with Crippen molar-refractivity contribution in [3.8, 4) is 11.4 Å². The number of para-hydroxylation sites is 3. The molecule has 0 radical (unpaired) electrons. The molecule has 192 valence electrons. The fraction of sp³-hybridized carbons (Fsp3) is 0.276. The standard InChI is InChI=1S/C29H30FN3O4/c1-4-24(32(18-9-19-36-2)28(34)20-14-16-21(30)17-15-20)27-31-23-11-6-5-10-22(23)29(35)33(27)25-12-7-8-13-26(25)37-3/h5-8,10-17,24H,4,9,18-19H2,1-3H3. The monoisotopic (exact) mass is 503 g/mol. The van der Waals surface area contributed by atoms with E-state index in [1.807, 2.05) is 25.1 Å². The summed E-state index contributed by atoms with van der Waals surface area (Å²) in [6.45, 7) is 2.76. The van der Waals surface area contributed by atoms with Crippen LogP contribution in [0.2, 0.25) is 0 Å². The molecule has 7 nitrogen and oxygen atoms in total. The molecule has 0 saturated carbocycles. The minimum Gasteiger partial charge on any atom is -0.495 e. The Labute approximate surface area is 215 Å². The highest BCUT2D eigenvalue weighted by atomic mass is 19.1. The maximum Gasteiger partial charge on any atom is 0.266 e. The van der Waals surface area contributed by atoms with E-state index in [-0.39, 0.29) is 11.5 Å². The van der Waals surface area contributed by atoms with Gasteiger partial charge in [-0.2, -0.15) is 0 Å². The Bertz CT molecular complexity index is 1440. The maximum absolute atomic E-state index is 13.9. The van der Waals surface area contributed by atoms with Crippen LogP contribution in [-0.2, 0) is 4.74 Å². The second-order valence-corrected chi connectivity index (χ2v) is 8.58. The van der Waals surface area contributed by atoms with Crippen molar-refractivity contribution >= 4 is 16.8 Å². The molecule has 0 aliphatic heterocycles. The van der Waals surface area contributed by atoms with Crippen LogP contribution >= 0.6 is 0 Å². The van der Waals surface area contributed by atoms with Crippen molar-refractivity contribution in [2.45, 2.75) is 25.8 Å². The number of fused-ring (bicyclic) bond motifs is 1. The van der Waals surface area contributed by atoms with Gasteiger partial charge in [0.25, 0.3) is 11.5 Å². The first-order chi connectivity index (χ1) is 18.0. The second-order valence-electron chi connectivity index (χ2n) is 8.58.